The third-order valence-electron chi connectivity index (χ3n) is 3.32. The molecule has 0 aromatic heterocycles. The molecule has 0 heterocycles. The SMILES string of the molecule is CCCCCCCCC(=O)NC1(CO)CC1. The molecule has 94 valence electrons. The van der Waals surface area contributed by atoms with Gasteiger partial charge in [0.1, 0.15) is 0 Å². The molecule has 0 aromatic rings. The van der Waals surface area contributed by atoms with Gasteiger partial charge in [-0.25, -0.2) is 0 Å². The lowest BCUT2D eigenvalue weighted by Crippen LogP contribution is -2.39. The first-order valence-electron chi connectivity index (χ1n) is 6.64. The van der Waals surface area contributed by atoms with Crippen molar-refractivity contribution in [3.63, 3.8) is 0 Å². The Balaban J connectivity index is 1.94. The summed E-state index contributed by atoms with van der Waals surface area (Å²) in [5.74, 6) is 0.113. The number of carbonyl (C=O) groups excluding carboxylic acids is 1. The number of amides is 1. The molecule has 3 nitrogen and oxygen atoms in total. The van der Waals surface area contributed by atoms with Crippen LogP contribution in [0.4, 0.5) is 0 Å². The van der Waals surface area contributed by atoms with E-state index in [1.165, 1.54) is 25.7 Å². The Morgan fingerprint density at radius 1 is 1.19 bits per heavy atom. The van der Waals surface area contributed by atoms with Crippen LogP contribution in [-0.2, 0) is 4.79 Å². The summed E-state index contributed by atoms with van der Waals surface area (Å²) in [6, 6.07) is 0. The van der Waals surface area contributed by atoms with Crippen LogP contribution in [0.2, 0.25) is 0 Å². The van der Waals surface area contributed by atoms with E-state index in [9.17, 15) is 4.79 Å². The maximum absolute atomic E-state index is 11.5. The summed E-state index contributed by atoms with van der Waals surface area (Å²) >= 11 is 0. The topological polar surface area (TPSA) is 49.3 Å². The number of aliphatic hydroxyl groups excluding tert-OH is 1. The van der Waals surface area contributed by atoms with Gasteiger partial charge < -0.3 is 10.4 Å². The molecule has 16 heavy (non-hydrogen) atoms. The lowest BCUT2D eigenvalue weighted by atomic mass is 10.1. The van der Waals surface area contributed by atoms with Gasteiger partial charge in [0, 0.05) is 6.42 Å². The fourth-order valence-electron chi connectivity index (χ4n) is 1.90. The molecule has 1 fully saturated rings. The van der Waals surface area contributed by atoms with E-state index in [0.29, 0.717) is 6.42 Å². The second-order valence-corrected chi connectivity index (χ2v) is 5.00. The highest BCUT2D eigenvalue weighted by Crippen LogP contribution is 2.34. The minimum atomic E-state index is -0.237. The Kier molecular flexibility index (Phi) is 5.81. The van der Waals surface area contributed by atoms with Gasteiger partial charge in [0.05, 0.1) is 12.1 Å². The Bertz CT molecular complexity index is 212. The predicted octanol–water partition coefficient (Wildman–Crippen LogP) is 2.38. The second-order valence-electron chi connectivity index (χ2n) is 5.00. The molecule has 1 aliphatic carbocycles. The molecule has 0 aliphatic heterocycles. The van der Waals surface area contributed by atoms with Gasteiger partial charge in [-0.15, -0.1) is 0 Å². The van der Waals surface area contributed by atoms with Gasteiger partial charge in [-0.2, -0.15) is 0 Å². The summed E-state index contributed by atoms with van der Waals surface area (Å²) in [5.41, 5.74) is -0.237. The average Bonchev–Trinajstić information content (AvgIpc) is 3.04. The van der Waals surface area contributed by atoms with Crippen molar-refractivity contribution in [3.05, 3.63) is 0 Å². The van der Waals surface area contributed by atoms with Crippen molar-refractivity contribution < 1.29 is 9.90 Å². The van der Waals surface area contributed by atoms with E-state index in [2.05, 4.69) is 12.2 Å². The molecule has 1 saturated carbocycles. The maximum atomic E-state index is 11.5. The van der Waals surface area contributed by atoms with E-state index in [0.717, 1.165) is 25.7 Å². The van der Waals surface area contributed by atoms with Crippen LogP contribution in [0.1, 0.15) is 64.7 Å². The summed E-state index contributed by atoms with van der Waals surface area (Å²) < 4.78 is 0. The third-order valence-corrected chi connectivity index (χ3v) is 3.32. The molecule has 0 unspecified atom stereocenters. The van der Waals surface area contributed by atoms with Crippen LogP contribution in [0.5, 0.6) is 0 Å². The first-order valence-corrected chi connectivity index (χ1v) is 6.64. The molecular formula is C13H25NO2. The van der Waals surface area contributed by atoms with Crippen molar-refractivity contribution in [3.8, 4) is 0 Å². The number of carbonyl (C=O) groups is 1. The van der Waals surface area contributed by atoms with Gasteiger partial charge in [-0.05, 0) is 19.3 Å². The van der Waals surface area contributed by atoms with Crippen molar-refractivity contribution in [1.82, 2.24) is 5.32 Å². The summed E-state index contributed by atoms with van der Waals surface area (Å²) in [4.78, 5) is 11.5. The van der Waals surface area contributed by atoms with Crippen LogP contribution in [0.25, 0.3) is 0 Å². The second kappa shape index (κ2) is 6.89. The molecular weight excluding hydrogens is 202 g/mol. The molecule has 0 saturated heterocycles. The fourth-order valence-corrected chi connectivity index (χ4v) is 1.90. The normalized spacial score (nSPS) is 17.1. The minimum Gasteiger partial charge on any atom is -0.394 e. The Hall–Kier alpha value is -0.570. The molecule has 0 aromatic carbocycles. The van der Waals surface area contributed by atoms with Crippen molar-refractivity contribution in [2.75, 3.05) is 6.61 Å². The zero-order valence-electron chi connectivity index (χ0n) is 10.4. The number of rotatable bonds is 9. The highest BCUT2D eigenvalue weighted by Gasteiger charge is 2.43. The first-order chi connectivity index (χ1) is 7.72. The van der Waals surface area contributed by atoms with Crippen LogP contribution >= 0.6 is 0 Å². The number of unbranched alkanes of at least 4 members (excludes halogenated alkanes) is 5. The predicted molar refractivity (Wildman–Crippen MR) is 65.2 cm³/mol. The fraction of sp³-hybridized carbons (Fsp3) is 0.923. The van der Waals surface area contributed by atoms with Gasteiger partial charge >= 0.3 is 0 Å². The summed E-state index contributed by atoms with van der Waals surface area (Å²) in [7, 11) is 0. The Morgan fingerprint density at radius 2 is 1.81 bits per heavy atom. The number of nitrogens with one attached hydrogen (secondary N) is 1. The smallest absolute Gasteiger partial charge is 0.220 e. The number of aliphatic hydroxyl groups is 1. The van der Waals surface area contributed by atoms with E-state index in [1.807, 2.05) is 0 Å². The third kappa shape index (κ3) is 4.97. The van der Waals surface area contributed by atoms with Crippen LogP contribution in [0.15, 0.2) is 0 Å². The van der Waals surface area contributed by atoms with Gasteiger partial charge in [0.2, 0.25) is 5.91 Å². The molecule has 0 spiro atoms. The van der Waals surface area contributed by atoms with Crippen LogP contribution < -0.4 is 5.32 Å². The van der Waals surface area contributed by atoms with Crippen LogP contribution in [-0.4, -0.2) is 23.2 Å². The molecule has 1 amide bonds. The lowest BCUT2D eigenvalue weighted by Gasteiger charge is -2.13. The van der Waals surface area contributed by atoms with Crippen LogP contribution in [0, 0.1) is 0 Å². The molecule has 0 bridgehead atoms. The van der Waals surface area contributed by atoms with E-state index in [1.54, 1.807) is 0 Å². The molecule has 1 aliphatic rings. The van der Waals surface area contributed by atoms with Gasteiger partial charge in [-0.1, -0.05) is 39.0 Å². The Morgan fingerprint density at radius 3 is 2.38 bits per heavy atom. The lowest BCUT2D eigenvalue weighted by molar-refractivity contribution is -0.122. The first kappa shape index (κ1) is 13.5. The summed E-state index contributed by atoms with van der Waals surface area (Å²) in [6.45, 7) is 2.30. The Labute approximate surface area is 98.6 Å². The monoisotopic (exact) mass is 227 g/mol. The van der Waals surface area contributed by atoms with Crippen molar-refractivity contribution in [2.45, 2.75) is 70.3 Å². The largest absolute Gasteiger partial charge is 0.394 e. The molecule has 2 N–H and O–H groups in total. The van der Waals surface area contributed by atoms with Gasteiger partial charge in [0.25, 0.3) is 0 Å². The number of hydrogen-bond donors (Lipinski definition) is 2. The van der Waals surface area contributed by atoms with E-state index in [-0.39, 0.29) is 18.1 Å². The molecule has 3 heteroatoms. The van der Waals surface area contributed by atoms with Crippen LogP contribution in [0.3, 0.4) is 0 Å². The van der Waals surface area contributed by atoms with Crippen molar-refractivity contribution in [2.24, 2.45) is 0 Å². The standard InChI is InChI=1S/C13H25NO2/c1-2-3-4-5-6-7-8-12(16)14-13(11-15)9-10-13/h15H,2-11H2,1H3,(H,14,16). The van der Waals surface area contributed by atoms with E-state index in [4.69, 9.17) is 5.11 Å². The van der Waals surface area contributed by atoms with E-state index < -0.39 is 0 Å². The molecule has 0 radical (unpaired) electrons. The average molecular weight is 227 g/mol. The highest BCUT2D eigenvalue weighted by molar-refractivity contribution is 5.77. The number of hydrogen-bond acceptors (Lipinski definition) is 2. The summed E-state index contributed by atoms with van der Waals surface area (Å²) in [5, 5.41) is 12.0. The highest BCUT2D eigenvalue weighted by atomic mass is 16.3. The molecule has 1 rings (SSSR count). The summed E-state index contributed by atoms with van der Waals surface area (Å²) in [6.07, 6.45) is 9.73. The zero-order valence-corrected chi connectivity index (χ0v) is 10.4. The minimum absolute atomic E-state index is 0.0925. The van der Waals surface area contributed by atoms with Crippen molar-refractivity contribution in [1.29, 1.82) is 0 Å². The molecule has 0 atom stereocenters. The van der Waals surface area contributed by atoms with Gasteiger partial charge in [-0.3, -0.25) is 4.79 Å². The van der Waals surface area contributed by atoms with E-state index >= 15 is 0 Å². The van der Waals surface area contributed by atoms with Gasteiger partial charge in [0.15, 0.2) is 0 Å². The zero-order chi connectivity index (χ0) is 11.9. The maximum Gasteiger partial charge on any atom is 0.220 e. The quantitative estimate of drug-likeness (QED) is 0.594. The van der Waals surface area contributed by atoms with Crippen molar-refractivity contribution >= 4 is 5.91 Å².